The summed E-state index contributed by atoms with van der Waals surface area (Å²) in [6.07, 6.45) is 0. The third-order valence-corrected chi connectivity index (χ3v) is 3.18. The third kappa shape index (κ3) is 2.51. The molecule has 0 amide bonds. The summed E-state index contributed by atoms with van der Waals surface area (Å²) in [5.41, 5.74) is 8.68. The van der Waals surface area contributed by atoms with Crippen molar-refractivity contribution in [3.8, 4) is 5.75 Å². The quantitative estimate of drug-likeness (QED) is 0.709. The molecule has 0 saturated carbocycles. The van der Waals surface area contributed by atoms with Crippen LogP contribution in [0.25, 0.3) is 10.9 Å². The smallest absolute Gasteiger partial charge is 0.128 e. The van der Waals surface area contributed by atoms with Crippen LogP contribution in [-0.2, 0) is 6.61 Å². The molecule has 0 spiro atoms. The van der Waals surface area contributed by atoms with Crippen molar-refractivity contribution in [1.29, 1.82) is 0 Å². The molecule has 19 heavy (non-hydrogen) atoms. The maximum atomic E-state index is 5.92. The van der Waals surface area contributed by atoms with E-state index >= 15 is 0 Å². The molecule has 0 atom stereocenters. The summed E-state index contributed by atoms with van der Waals surface area (Å²) in [7, 11) is 0. The van der Waals surface area contributed by atoms with E-state index in [1.54, 1.807) is 6.07 Å². The first-order valence-electron chi connectivity index (χ1n) is 5.97. The Labute approximate surface area is 116 Å². The van der Waals surface area contributed by atoms with Crippen molar-refractivity contribution in [2.24, 2.45) is 0 Å². The van der Waals surface area contributed by atoms with Gasteiger partial charge in [0.15, 0.2) is 0 Å². The molecule has 0 fully saturated rings. The normalized spacial score (nSPS) is 10.8. The van der Waals surface area contributed by atoms with E-state index in [4.69, 9.17) is 22.1 Å². The van der Waals surface area contributed by atoms with Crippen LogP contribution in [0.2, 0.25) is 5.02 Å². The lowest BCUT2D eigenvalue weighted by Gasteiger charge is -2.04. The van der Waals surface area contributed by atoms with E-state index in [2.05, 4.69) is 4.98 Å². The average Bonchev–Trinajstić information content (AvgIpc) is 2.81. The number of fused-ring (bicyclic) bond motifs is 1. The Hall–Kier alpha value is -2.13. The van der Waals surface area contributed by atoms with Crippen LogP contribution in [0.15, 0.2) is 48.5 Å². The Balaban J connectivity index is 1.80. The van der Waals surface area contributed by atoms with Crippen LogP contribution in [-0.4, -0.2) is 4.98 Å². The Morgan fingerprint density at radius 1 is 1.11 bits per heavy atom. The highest BCUT2D eigenvalue weighted by molar-refractivity contribution is 6.30. The van der Waals surface area contributed by atoms with Gasteiger partial charge in [0.2, 0.25) is 0 Å². The van der Waals surface area contributed by atoms with E-state index in [0.29, 0.717) is 11.6 Å². The SMILES string of the molecule is Nc1cccc2[nH]c(COc3cccc(Cl)c3)cc12. The predicted molar refractivity (Wildman–Crippen MR) is 78.5 cm³/mol. The highest BCUT2D eigenvalue weighted by atomic mass is 35.5. The second-order valence-corrected chi connectivity index (χ2v) is 4.79. The standard InChI is InChI=1S/C15H13ClN2O/c16-10-3-1-4-12(7-10)19-9-11-8-13-14(17)5-2-6-15(13)18-11/h1-8,18H,9,17H2. The molecule has 0 aliphatic carbocycles. The topological polar surface area (TPSA) is 51.0 Å². The van der Waals surface area contributed by atoms with Crippen LogP contribution in [0.1, 0.15) is 5.69 Å². The summed E-state index contributed by atoms with van der Waals surface area (Å²) in [4.78, 5) is 3.28. The molecule has 0 aliphatic heterocycles. The summed E-state index contributed by atoms with van der Waals surface area (Å²) >= 11 is 5.91. The lowest BCUT2D eigenvalue weighted by molar-refractivity contribution is 0.302. The fraction of sp³-hybridized carbons (Fsp3) is 0.0667. The molecule has 3 aromatic rings. The Morgan fingerprint density at radius 2 is 1.95 bits per heavy atom. The molecule has 1 aromatic heterocycles. The Morgan fingerprint density at radius 3 is 2.74 bits per heavy atom. The number of halogens is 1. The number of aromatic amines is 1. The largest absolute Gasteiger partial charge is 0.487 e. The van der Waals surface area contributed by atoms with Crippen LogP contribution in [0.3, 0.4) is 0 Å². The number of ether oxygens (including phenoxy) is 1. The van der Waals surface area contributed by atoms with Gasteiger partial charge in [0, 0.05) is 21.6 Å². The van der Waals surface area contributed by atoms with Gasteiger partial charge in [-0.15, -0.1) is 0 Å². The molecule has 0 radical (unpaired) electrons. The van der Waals surface area contributed by atoms with Gasteiger partial charge < -0.3 is 15.5 Å². The van der Waals surface area contributed by atoms with Crippen LogP contribution in [0.5, 0.6) is 5.75 Å². The lowest BCUT2D eigenvalue weighted by Crippen LogP contribution is -1.95. The monoisotopic (exact) mass is 272 g/mol. The summed E-state index contributed by atoms with van der Waals surface area (Å²) < 4.78 is 5.69. The first-order valence-corrected chi connectivity index (χ1v) is 6.34. The molecule has 96 valence electrons. The second-order valence-electron chi connectivity index (χ2n) is 4.35. The minimum atomic E-state index is 0.453. The molecule has 3 nitrogen and oxygen atoms in total. The minimum Gasteiger partial charge on any atom is -0.487 e. The van der Waals surface area contributed by atoms with Gasteiger partial charge in [-0.1, -0.05) is 23.7 Å². The number of hydrogen-bond acceptors (Lipinski definition) is 2. The molecular weight excluding hydrogens is 260 g/mol. The second kappa shape index (κ2) is 4.86. The number of aromatic nitrogens is 1. The number of rotatable bonds is 3. The summed E-state index contributed by atoms with van der Waals surface area (Å²) in [5.74, 6) is 0.749. The first-order chi connectivity index (χ1) is 9.22. The molecule has 3 rings (SSSR count). The zero-order chi connectivity index (χ0) is 13.2. The van der Waals surface area contributed by atoms with Gasteiger partial charge in [-0.05, 0) is 36.4 Å². The molecule has 0 saturated heterocycles. The van der Waals surface area contributed by atoms with E-state index in [1.807, 2.05) is 42.5 Å². The fourth-order valence-electron chi connectivity index (χ4n) is 2.03. The molecule has 3 N–H and O–H groups in total. The van der Waals surface area contributed by atoms with Gasteiger partial charge in [-0.2, -0.15) is 0 Å². The average molecular weight is 273 g/mol. The van der Waals surface area contributed by atoms with Crippen molar-refractivity contribution in [2.75, 3.05) is 5.73 Å². The molecule has 2 aromatic carbocycles. The lowest BCUT2D eigenvalue weighted by atomic mass is 10.2. The molecule has 0 unspecified atom stereocenters. The number of hydrogen-bond donors (Lipinski definition) is 2. The molecule has 0 bridgehead atoms. The van der Waals surface area contributed by atoms with E-state index < -0.39 is 0 Å². The van der Waals surface area contributed by atoms with Gasteiger partial charge in [0.25, 0.3) is 0 Å². The predicted octanol–water partition coefficient (Wildman–Crippen LogP) is 3.98. The van der Waals surface area contributed by atoms with Crippen molar-refractivity contribution < 1.29 is 4.74 Å². The van der Waals surface area contributed by atoms with E-state index in [-0.39, 0.29) is 0 Å². The van der Waals surface area contributed by atoms with E-state index in [0.717, 1.165) is 28.0 Å². The van der Waals surface area contributed by atoms with Gasteiger partial charge in [-0.25, -0.2) is 0 Å². The Kier molecular flexibility index (Phi) is 3.05. The number of H-pyrrole nitrogens is 1. The maximum Gasteiger partial charge on any atom is 0.128 e. The van der Waals surface area contributed by atoms with Gasteiger partial charge in [0.05, 0.1) is 5.69 Å². The maximum absolute atomic E-state index is 5.92. The molecule has 1 heterocycles. The zero-order valence-corrected chi connectivity index (χ0v) is 10.9. The number of nitrogens with two attached hydrogens (primary N) is 1. The highest BCUT2D eigenvalue weighted by Gasteiger charge is 2.04. The highest BCUT2D eigenvalue weighted by Crippen LogP contribution is 2.23. The minimum absolute atomic E-state index is 0.453. The van der Waals surface area contributed by atoms with Gasteiger partial charge in [0.1, 0.15) is 12.4 Å². The van der Waals surface area contributed by atoms with Crippen molar-refractivity contribution in [1.82, 2.24) is 4.98 Å². The van der Waals surface area contributed by atoms with Crippen LogP contribution in [0.4, 0.5) is 5.69 Å². The van der Waals surface area contributed by atoms with Crippen LogP contribution < -0.4 is 10.5 Å². The van der Waals surface area contributed by atoms with Crippen molar-refractivity contribution in [3.63, 3.8) is 0 Å². The number of nitrogens with one attached hydrogen (secondary N) is 1. The summed E-state index contributed by atoms with van der Waals surface area (Å²) in [6.45, 7) is 0.453. The van der Waals surface area contributed by atoms with Crippen LogP contribution >= 0.6 is 11.6 Å². The fourth-order valence-corrected chi connectivity index (χ4v) is 2.21. The molecular formula is C15H13ClN2O. The van der Waals surface area contributed by atoms with Gasteiger partial charge >= 0.3 is 0 Å². The van der Waals surface area contributed by atoms with Crippen molar-refractivity contribution >= 4 is 28.2 Å². The van der Waals surface area contributed by atoms with Crippen LogP contribution in [0, 0.1) is 0 Å². The molecule has 0 aliphatic rings. The van der Waals surface area contributed by atoms with Crippen molar-refractivity contribution in [2.45, 2.75) is 6.61 Å². The summed E-state index contributed by atoms with van der Waals surface area (Å²) in [6, 6.07) is 15.2. The number of nitrogen functional groups attached to an aromatic ring is 1. The van der Waals surface area contributed by atoms with E-state index in [9.17, 15) is 0 Å². The zero-order valence-electron chi connectivity index (χ0n) is 10.2. The Bertz CT molecular complexity index is 721. The first kappa shape index (κ1) is 11.9. The molecule has 4 heteroatoms. The van der Waals surface area contributed by atoms with E-state index in [1.165, 1.54) is 0 Å². The van der Waals surface area contributed by atoms with Crippen molar-refractivity contribution in [3.05, 3.63) is 59.2 Å². The summed E-state index contributed by atoms with van der Waals surface area (Å²) in [5, 5.41) is 1.69. The third-order valence-electron chi connectivity index (χ3n) is 2.94. The number of anilines is 1. The van der Waals surface area contributed by atoms with Gasteiger partial charge in [-0.3, -0.25) is 0 Å². The number of benzene rings is 2.